The minimum absolute atomic E-state index is 0.00936. The molecule has 0 saturated carbocycles. The second-order valence-electron chi connectivity index (χ2n) is 6.98. The number of hydrogen-bond acceptors (Lipinski definition) is 3. The second-order valence-corrected chi connectivity index (χ2v) is 7.90. The molecule has 0 unspecified atom stereocenters. The van der Waals surface area contributed by atoms with Crippen molar-refractivity contribution in [3.63, 3.8) is 0 Å². The number of ether oxygens (including phenoxy) is 1. The van der Waals surface area contributed by atoms with Crippen molar-refractivity contribution in [2.45, 2.75) is 50.2 Å². The summed E-state index contributed by atoms with van der Waals surface area (Å²) in [5, 5.41) is 6.38. The zero-order chi connectivity index (χ0) is 16.5. The molecule has 3 aliphatic rings. The number of nitrogens with zero attached hydrogens (tertiary/aromatic N) is 1. The van der Waals surface area contributed by atoms with Gasteiger partial charge in [0.2, 0.25) is 0 Å². The molecule has 3 aliphatic heterocycles. The molecule has 4 rings (SSSR count). The largest absolute Gasteiger partial charge is 0.493 e. The fourth-order valence-corrected chi connectivity index (χ4v) is 4.68. The normalized spacial score (nSPS) is 29.3. The van der Waals surface area contributed by atoms with Crippen LogP contribution in [0.2, 0.25) is 0 Å². The molecule has 3 atom stereocenters. The zero-order valence-electron chi connectivity index (χ0n) is 13.8. The van der Waals surface area contributed by atoms with Gasteiger partial charge < -0.3 is 15.4 Å². The third-order valence-corrected chi connectivity index (χ3v) is 5.98. The summed E-state index contributed by atoms with van der Waals surface area (Å²) in [6.45, 7) is 2.94. The zero-order valence-corrected chi connectivity index (χ0v) is 15.3. The summed E-state index contributed by atoms with van der Waals surface area (Å²) in [7, 11) is 0. The lowest BCUT2D eigenvalue weighted by molar-refractivity contribution is 0.177. The van der Waals surface area contributed by atoms with Crippen LogP contribution in [0.5, 0.6) is 5.75 Å². The standard InChI is InChI=1S/C18H24BrN3O2/c19-12-4-5-17-13(11-12)14(7-10-24-17)20-18(23)21-15-6-9-22-8-2-1-3-16(15)22/h4-5,11,14-16H,1-3,6-10H2,(H2,20,21,23)/t14-,15+,16-/m1/s1. The van der Waals surface area contributed by atoms with Crippen LogP contribution in [0.1, 0.15) is 43.7 Å². The molecular formula is C18H24BrN3O2. The van der Waals surface area contributed by atoms with Gasteiger partial charge in [-0.15, -0.1) is 0 Å². The number of hydrogen-bond donors (Lipinski definition) is 2. The molecular weight excluding hydrogens is 370 g/mol. The Labute approximate surface area is 151 Å². The van der Waals surface area contributed by atoms with Crippen LogP contribution in [0.25, 0.3) is 0 Å². The topological polar surface area (TPSA) is 53.6 Å². The molecule has 1 aromatic carbocycles. The molecule has 2 N–H and O–H groups in total. The Morgan fingerprint density at radius 3 is 3.00 bits per heavy atom. The summed E-state index contributed by atoms with van der Waals surface area (Å²) >= 11 is 3.50. The molecule has 0 bridgehead atoms. The maximum Gasteiger partial charge on any atom is 0.315 e. The van der Waals surface area contributed by atoms with Gasteiger partial charge in [-0.05, 0) is 44.0 Å². The second kappa shape index (κ2) is 6.92. The number of amides is 2. The first-order valence-electron chi connectivity index (χ1n) is 8.94. The fraction of sp³-hybridized carbons (Fsp3) is 0.611. The van der Waals surface area contributed by atoms with Crippen LogP contribution >= 0.6 is 15.9 Å². The van der Waals surface area contributed by atoms with E-state index in [4.69, 9.17) is 4.74 Å². The van der Waals surface area contributed by atoms with Gasteiger partial charge in [-0.3, -0.25) is 4.90 Å². The highest BCUT2D eigenvalue weighted by molar-refractivity contribution is 9.10. The predicted octanol–water partition coefficient (Wildman–Crippen LogP) is 3.20. The number of fused-ring (bicyclic) bond motifs is 2. The summed E-state index contributed by atoms with van der Waals surface area (Å²) in [6.07, 6.45) is 5.65. The number of carbonyl (C=O) groups is 1. The fourth-order valence-electron chi connectivity index (χ4n) is 4.30. The quantitative estimate of drug-likeness (QED) is 0.810. The van der Waals surface area contributed by atoms with E-state index in [9.17, 15) is 4.79 Å². The van der Waals surface area contributed by atoms with E-state index in [1.165, 1.54) is 25.8 Å². The van der Waals surface area contributed by atoms with E-state index in [-0.39, 0.29) is 18.1 Å². The van der Waals surface area contributed by atoms with Gasteiger partial charge in [0.1, 0.15) is 5.75 Å². The number of piperidine rings is 1. The van der Waals surface area contributed by atoms with Crippen molar-refractivity contribution in [2.24, 2.45) is 0 Å². The van der Waals surface area contributed by atoms with Gasteiger partial charge in [0, 0.05) is 35.1 Å². The van der Waals surface area contributed by atoms with Crippen molar-refractivity contribution in [1.82, 2.24) is 15.5 Å². The monoisotopic (exact) mass is 393 g/mol. The van der Waals surface area contributed by atoms with Gasteiger partial charge in [0.05, 0.1) is 12.6 Å². The number of nitrogens with one attached hydrogen (secondary N) is 2. The minimum Gasteiger partial charge on any atom is -0.493 e. The Bertz CT molecular complexity index is 624. The minimum atomic E-state index is -0.0507. The average molecular weight is 394 g/mol. The summed E-state index contributed by atoms with van der Waals surface area (Å²) in [5.74, 6) is 0.870. The summed E-state index contributed by atoms with van der Waals surface area (Å²) in [4.78, 5) is 15.1. The lowest BCUT2D eigenvalue weighted by Crippen LogP contribution is -2.50. The van der Waals surface area contributed by atoms with Crippen molar-refractivity contribution in [2.75, 3.05) is 19.7 Å². The van der Waals surface area contributed by atoms with Crippen LogP contribution in [0.4, 0.5) is 4.79 Å². The Balaban J connectivity index is 1.39. The highest BCUT2D eigenvalue weighted by atomic mass is 79.9. The van der Waals surface area contributed by atoms with Gasteiger partial charge in [-0.2, -0.15) is 0 Å². The van der Waals surface area contributed by atoms with E-state index >= 15 is 0 Å². The van der Waals surface area contributed by atoms with Gasteiger partial charge >= 0.3 is 6.03 Å². The first-order valence-corrected chi connectivity index (χ1v) is 9.73. The van der Waals surface area contributed by atoms with Crippen molar-refractivity contribution in [3.05, 3.63) is 28.2 Å². The first-order chi connectivity index (χ1) is 11.7. The van der Waals surface area contributed by atoms with Crippen LogP contribution < -0.4 is 15.4 Å². The molecule has 130 valence electrons. The third-order valence-electron chi connectivity index (χ3n) is 5.49. The molecule has 2 fully saturated rings. The molecule has 2 amide bonds. The number of carbonyl (C=O) groups excluding carboxylic acids is 1. The highest BCUT2D eigenvalue weighted by Crippen LogP contribution is 2.34. The van der Waals surface area contributed by atoms with E-state index in [2.05, 4.69) is 31.5 Å². The van der Waals surface area contributed by atoms with Gasteiger partial charge in [0.15, 0.2) is 0 Å². The third kappa shape index (κ3) is 3.26. The van der Waals surface area contributed by atoms with Gasteiger partial charge in [-0.25, -0.2) is 4.79 Å². The molecule has 24 heavy (non-hydrogen) atoms. The number of halogens is 1. The number of urea groups is 1. The van der Waals surface area contributed by atoms with Crippen LogP contribution in [0.15, 0.2) is 22.7 Å². The molecule has 0 aliphatic carbocycles. The summed E-state index contributed by atoms with van der Waals surface area (Å²) in [6, 6.07) is 6.74. The van der Waals surface area contributed by atoms with E-state index in [0.29, 0.717) is 12.6 Å². The summed E-state index contributed by atoms with van der Waals surface area (Å²) in [5.41, 5.74) is 1.05. The summed E-state index contributed by atoms with van der Waals surface area (Å²) < 4.78 is 6.70. The average Bonchev–Trinajstić information content (AvgIpc) is 2.98. The van der Waals surface area contributed by atoms with E-state index in [1.54, 1.807) is 0 Å². The molecule has 2 saturated heterocycles. The molecule has 5 nitrogen and oxygen atoms in total. The Morgan fingerprint density at radius 1 is 1.17 bits per heavy atom. The smallest absolute Gasteiger partial charge is 0.315 e. The lowest BCUT2D eigenvalue weighted by Gasteiger charge is -2.33. The van der Waals surface area contributed by atoms with Crippen LogP contribution in [-0.4, -0.2) is 42.7 Å². The van der Waals surface area contributed by atoms with Crippen molar-refractivity contribution in [3.8, 4) is 5.75 Å². The molecule has 0 aromatic heterocycles. The maximum atomic E-state index is 12.5. The van der Waals surface area contributed by atoms with Crippen molar-refractivity contribution in [1.29, 1.82) is 0 Å². The first kappa shape index (κ1) is 16.2. The van der Waals surface area contributed by atoms with Crippen molar-refractivity contribution < 1.29 is 9.53 Å². The van der Waals surface area contributed by atoms with Gasteiger partial charge in [0.25, 0.3) is 0 Å². The lowest BCUT2D eigenvalue weighted by atomic mass is 9.99. The Kier molecular flexibility index (Phi) is 4.68. The molecule has 0 radical (unpaired) electrons. The maximum absolute atomic E-state index is 12.5. The molecule has 1 aromatic rings. The highest BCUT2D eigenvalue weighted by Gasteiger charge is 2.36. The van der Waals surface area contributed by atoms with Crippen LogP contribution in [0, 0.1) is 0 Å². The molecule has 0 spiro atoms. The molecule has 3 heterocycles. The van der Waals surface area contributed by atoms with E-state index in [1.807, 2.05) is 18.2 Å². The SMILES string of the molecule is O=C(N[C@H]1CCN2CCCC[C@H]12)N[C@@H]1CCOc2ccc(Br)cc21. The Morgan fingerprint density at radius 2 is 2.08 bits per heavy atom. The van der Waals surface area contributed by atoms with Crippen LogP contribution in [-0.2, 0) is 0 Å². The Hall–Kier alpha value is -1.27. The van der Waals surface area contributed by atoms with E-state index < -0.39 is 0 Å². The van der Waals surface area contributed by atoms with Gasteiger partial charge in [-0.1, -0.05) is 22.4 Å². The molecule has 6 heteroatoms. The van der Waals surface area contributed by atoms with Crippen molar-refractivity contribution >= 4 is 22.0 Å². The van der Waals surface area contributed by atoms with E-state index in [0.717, 1.165) is 35.2 Å². The number of benzene rings is 1. The van der Waals surface area contributed by atoms with Crippen LogP contribution in [0.3, 0.4) is 0 Å². The predicted molar refractivity (Wildman–Crippen MR) is 96.3 cm³/mol. The number of rotatable bonds is 2.